The third-order valence-corrected chi connectivity index (χ3v) is 3.16. The van der Waals surface area contributed by atoms with Crippen molar-refractivity contribution in [1.29, 1.82) is 0 Å². The summed E-state index contributed by atoms with van der Waals surface area (Å²) in [5, 5.41) is 0. The minimum absolute atomic E-state index is 0.0858. The number of piperidine rings is 1. The first-order chi connectivity index (χ1) is 8.83. The van der Waals surface area contributed by atoms with Crippen molar-refractivity contribution in [3.05, 3.63) is 0 Å². The Morgan fingerprint density at radius 1 is 1.26 bits per heavy atom. The van der Waals surface area contributed by atoms with E-state index in [1.54, 1.807) is 4.90 Å². The van der Waals surface area contributed by atoms with Gasteiger partial charge < -0.3 is 14.4 Å². The largest absolute Gasteiger partial charge is 0.469 e. The molecule has 1 aliphatic rings. The average molecular weight is 271 g/mol. The van der Waals surface area contributed by atoms with Crippen LogP contribution in [0.1, 0.15) is 52.9 Å². The second kappa shape index (κ2) is 6.78. The summed E-state index contributed by atoms with van der Waals surface area (Å²) in [5.74, 6) is -0.227. The Balaban J connectivity index is 2.56. The van der Waals surface area contributed by atoms with E-state index in [2.05, 4.69) is 4.74 Å². The zero-order chi connectivity index (χ0) is 14.5. The maximum absolute atomic E-state index is 12.1. The summed E-state index contributed by atoms with van der Waals surface area (Å²) in [6.07, 6.45) is 3.73. The van der Waals surface area contributed by atoms with Gasteiger partial charge in [0.15, 0.2) is 0 Å². The van der Waals surface area contributed by atoms with Crippen molar-refractivity contribution in [3.8, 4) is 0 Å². The summed E-state index contributed by atoms with van der Waals surface area (Å²) < 4.78 is 10.1. The van der Waals surface area contributed by atoms with E-state index in [9.17, 15) is 9.59 Å². The Hall–Kier alpha value is -1.26. The van der Waals surface area contributed by atoms with Crippen LogP contribution in [0, 0.1) is 0 Å². The van der Waals surface area contributed by atoms with Gasteiger partial charge in [0.25, 0.3) is 0 Å². The summed E-state index contributed by atoms with van der Waals surface area (Å²) in [6.45, 7) is 6.29. The molecule has 19 heavy (non-hydrogen) atoms. The Morgan fingerprint density at radius 2 is 1.95 bits per heavy atom. The Labute approximate surface area is 115 Å². The lowest BCUT2D eigenvalue weighted by molar-refractivity contribution is -0.141. The lowest BCUT2D eigenvalue weighted by atomic mass is 9.98. The normalized spacial score (nSPS) is 20.0. The molecular formula is C14H25NO4. The van der Waals surface area contributed by atoms with Gasteiger partial charge in [0.05, 0.1) is 7.11 Å². The Morgan fingerprint density at radius 3 is 2.53 bits per heavy atom. The fourth-order valence-corrected chi connectivity index (χ4v) is 2.25. The number of methoxy groups -OCH3 is 1. The zero-order valence-corrected chi connectivity index (χ0v) is 12.4. The van der Waals surface area contributed by atoms with Crippen LogP contribution in [0.25, 0.3) is 0 Å². The number of esters is 1. The lowest BCUT2D eigenvalue weighted by Crippen LogP contribution is -2.46. The first-order valence-electron chi connectivity index (χ1n) is 6.90. The number of nitrogens with zero attached hydrogens (tertiary/aromatic N) is 1. The van der Waals surface area contributed by atoms with Crippen molar-refractivity contribution in [2.45, 2.75) is 64.5 Å². The van der Waals surface area contributed by atoms with Crippen LogP contribution in [0.4, 0.5) is 4.79 Å². The van der Waals surface area contributed by atoms with Crippen molar-refractivity contribution < 1.29 is 19.1 Å². The van der Waals surface area contributed by atoms with Crippen LogP contribution < -0.4 is 0 Å². The first kappa shape index (κ1) is 15.8. The molecule has 5 nitrogen and oxygen atoms in total. The predicted molar refractivity (Wildman–Crippen MR) is 71.8 cm³/mol. The van der Waals surface area contributed by atoms with Gasteiger partial charge in [-0.2, -0.15) is 0 Å². The fraction of sp³-hybridized carbons (Fsp3) is 0.857. The molecule has 1 aliphatic heterocycles. The van der Waals surface area contributed by atoms with Gasteiger partial charge in [-0.15, -0.1) is 0 Å². The van der Waals surface area contributed by atoms with Crippen molar-refractivity contribution in [2.75, 3.05) is 13.7 Å². The van der Waals surface area contributed by atoms with Crippen molar-refractivity contribution in [1.82, 2.24) is 4.90 Å². The van der Waals surface area contributed by atoms with E-state index in [1.807, 2.05) is 20.8 Å². The molecule has 0 radical (unpaired) electrons. The van der Waals surface area contributed by atoms with E-state index in [1.165, 1.54) is 7.11 Å². The number of ether oxygens (including phenoxy) is 2. The third-order valence-electron chi connectivity index (χ3n) is 3.16. The molecule has 1 fully saturated rings. The molecule has 0 N–H and O–H groups in total. The van der Waals surface area contributed by atoms with E-state index in [0.717, 1.165) is 19.3 Å². The van der Waals surface area contributed by atoms with Gasteiger partial charge in [0.2, 0.25) is 0 Å². The Bertz CT molecular complexity index is 322. The van der Waals surface area contributed by atoms with Crippen LogP contribution in [0.15, 0.2) is 0 Å². The second-order valence-corrected chi connectivity index (χ2v) is 5.94. The van der Waals surface area contributed by atoms with E-state index in [4.69, 9.17) is 4.74 Å². The summed E-state index contributed by atoms with van der Waals surface area (Å²) >= 11 is 0. The van der Waals surface area contributed by atoms with Crippen LogP contribution >= 0.6 is 0 Å². The number of hydrogen-bond donors (Lipinski definition) is 0. The molecule has 0 spiro atoms. The highest BCUT2D eigenvalue weighted by molar-refractivity contribution is 5.70. The molecule has 0 aromatic heterocycles. The van der Waals surface area contributed by atoms with Crippen LogP contribution in [-0.4, -0.2) is 42.3 Å². The summed E-state index contributed by atoms with van der Waals surface area (Å²) in [5.41, 5.74) is -0.485. The highest BCUT2D eigenvalue weighted by Gasteiger charge is 2.30. The molecule has 1 amide bonds. The highest BCUT2D eigenvalue weighted by atomic mass is 16.6. The SMILES string of the molecule is COC(=O)CC[C@H]1CCCCN1C(=O)OC(C)(C)C. The number of amides is 1. The Kier molecular flexibility index (Phi) is 5.63. The zero-order valence-electron chi connectivity index (χ0n) is 12.4. The van der Waals surface area contributed by atoms with Crippen LogP contribution in [0.5, 0.6) is 0 Å². The number of likely N-dealkylation sites (tertiary alicyclic amines) is 1. The molecule has 0 unspecified atom stereocenters. The van der Waals surface area contributed by atoms with Crippen LogP contribution in [0.2, 0.25) is 0 Å². The molecule has 1 rings (SSSR count). The van der Waals surface area contributed by atoms with E-state index >= 15 is 0 Å². The number of rotatable bonds is 3. The fourth-order valence-electron chi connectivity index (χ4n) is 2.25. The molecule has 0 aromatic rings. The number of hydrogen-bond acceptors (Lipinski definition) is 4. The number of carbonyl (C=O) groups excluding carboxylic acids is 2. The minimum atomic E-state index is -0.485. The maximum atomic E-state index is 12.1. The molecule has 0 aromatic carbocycles. The van der Waals surface area contributed by atoms with Gasteiger partial charge in [-0.25, -0.2) is 4.79 Å². The van der Waals surface area contributed by atoms with Gasteiger partial charge in [-0.1, -0.05) is 0 Å². The molecule has 110 valence electrons. The van der Waals surface area contributed by atoms with Crippen molar-refractivity contribution in [3.63, 3.8) is 0 Å². The minimum Gasteiger partial charge on any atom is -0.469 e. The molecule has 1 atom stereocenters. The molecule has 0 aliphatic carbocycles. The molecular weight excluding hydrogens is 246 g/mol. The van der Waals surface area contributed by atoms with Crippen LogP contribution in [-0.2, 0) is 14.3 Å². The lowest BCUT2D eigenvalue weighted by Gasteiger charge is -2.36. The first-order valence-corrected chi connectivity index (χ1v) is 6.90. The van der Waals surface area contributed by atoms with Crippen molar-refractivity contribution in [2.24, 2.45) is 0 Å². The summed E-state index contributed by atoms with van der Waals surface area (Å²) in [6, 6.07) is 0.0858. The van der Waals surface area contributed by atoms with Gasteiger partial charge in [-0.3, -0.25) is 4.79 Å². The van der Waals surface area contributed by atoms with Crippen molar-refractivity contribution >= 4 is 12.1 Å². The molecule has 1 heterocycles. The van der Waals surface area contributed by atoms with E-state index in [-0.39, 0.29) is 18.1 Å². The molecule has 1 saturated heterocycles. The number of carbonyl (C=O) groups is 2. The highest BCUT2D eigenvalue weighted by Crippen LogP contribution is 2.23. The maximum Gasteiger partial charge on any atom is 0.410 e. The molecule has 0 saturated carbocycles. The van der Waals surface area contributed by atoms with Gasteiger partial charge in [0.1, 0.15) is 5.60 Å². The molecule has 5 heteroatoms. The average Bonchev–Trinajstić information content (AvgIpc) is 2.34. The van der Waals surface area contributed by atoms with E-state index in [0.29, 0.717) is 19.4 Å². The smallest absolute Gasteiger partial charge is 0.410 e. The standard InChI is InChI=1S/C14H25NO4/c1-14(2,3)19-13(17)15-10-6-5-7-11(15)8-9-12(16)18-4/h11H,5-10H2,1-4H3/t11-/m1/s1. The molecule has 0 bridgehead atoms. The summed E-state index contributed by atoms with van der Waals surface area (Å²) in [4.78, 5) is 25.1. The van der Waals surface area contributed by atoms with Gasteiger partial charge in [0, 0.05) is 19.0 Å². The third kappa shape index (κ3) is 5.49. The van der Waals surface area contributed by atoms with Gasteiger partial charge in [-0.05, 0) is 46.5 Å². The summed E-state index contributed by atoms with van der Waals surface area (Å²) in [7, 11) is 1.38. The monoisotopic (exact) mass is 271 g/mol. The topological polar surface area (TPSA) is 55.8 Å². The van der Waals surface area contributed by atoms with Crippen LogP contribution in [0.3, 0.4) is 0 Å². The quantitative estimate of drug-likeness (QED) is 0.741. The second-order valence-electron chi connectivity index (χ2n) is 5.94. The predicted octanol–water partition coefficient (Wildman–Crippen LogP) is 2.73. The van der Waals surface area contributed by atoms with E-state index < -0.39 is 5.60 Å². The van der Waals surface area contributed by atoms with Gasteiger partial charge >= 0.3 is 12.1 Å².